The molecule has 1 heterocycles. The average molecular weight is 734 g/mol. The zero-order chi connectivity index (χ0) is 36.0. The van der Waals surface area contributed by atoms with Crippen molar-refractivity contribution in [1.29, 1.82) is 0 Å². The van der Waals surface area contributed by atoms with Gasteiger partial charge < -0.3 is 10.5 Å². The molecule has 254 valence electrons. The molecule has 0 aliphatic carbocycles. The third-order valence-electron chi connectivity index (χ3n) is 7.40. The summed E-state index contributed by atoms with van der Waals surface area (Å²) in [6.45, 7) is 1.68. The van der Waals surface area contributed by atoms with Crippen molar-refractivity contribution >= 4 is 86.0 Å². The lowest BCUT2D eigenvalue weighted by Gasteiger charge is -2.10. The van der Waals surface area contributed by atoms with Crippen LogP contribution in [0.25, 0.3) is 32.8 Å². The van der Waals surface area contributed by atoms with E-state index in [2.05, 4.69) is 25.4 Å². The maximum absolute atomic E-state index is 12.3. The summed E-state index contributed by atoms with van der Waals surface area (Å²) < 4.78 is 74.0. The van der Waals surface area contributed by atoms with Gasteiger partial charge in [0.15, 0.2) is 10.1 Å². The summed E-state index contributed by atoms with van der Waals surface area (Å²) in [5.74, 6) is 0.233. The van der Waals surface area contributed by atoms with E-state index in [1.165, 1.54) is 13.2 Å². The number of nitrogen functional groups attached to an aromatic ring is 1. The minimum absolute atomic E-state index is 0.229. The van der Waals surface area contributed by atoms with E-state index in [1.54, 1.807) is 13.0 Å². The van der Waals surface area contributed by atoms with E-state index in [0.717, 1.165) is 45.9 Å². The summed E-state index contributed by atoms with van der Waals surface area (Å²) in [5.41, 5.74) is 7.35. The third kappa shape index (κ3) is 6.88. The first-order chi connectivity index (χ1) is 23.6. The van der Waals surface area contributed by atoms with Crippen LogP contribution < -0.4 is 10.5 Å². The summed E-state index contributed by atoms with van der Waals surface area (Å²) in [6, 6.07) is 20.0. The maximum Gasteiger partial charge on any atom is 0.295 e. The summed E-state index contributed by atoms with van der Waals surface area (Å²) >= 11 is 1.15. The molecule has 4 N–H and O–H groups in total. The van der Waals surface area contributed by atoms with Gasteiger partial charge in [-0.2, -0.15) is 27.1 Å². The molecule has 6 rings (SSSR count). The Kier molecular flexibility index (Phi) is 8.84. The van der Waals surface area contributed by atoms with Crippen molar-refractivity contribution in [3.05, 3.63) is 94.5 Å². The SMILES string of the molecule is COc1cc(N=Nc2cc(S(=O)(=O)O)c3cc([N+](=O)[O-])cc(S(=O)(=O)O)c3c2)c(C)cc1N=Nc1sc(N)nc1-c1ccc2ccccc2c1. The van der Waals surface area contributed by atoms with Gasteiger partial charge in [0.1, 0.15) is 26.9 Å². The van der Waals surface area contributed by atoms with Crippen LogP contribution in [0.1, 0.15) is 5.56 Å². The van der Waals surface area contributed by atoms with E-state index >= 15 is 0 Å². The molecular formula is C31H23N7O9S3. The van der Waals surface area contributed by atoms with Crippen LogP contribution in [0.2, 0.25) is 0 Å². The number of rotatable bonds is 9. The number of anilines is 1. The molecule has 0 unspecified atom stereocenters. The predicted octanol–water partition coefficient (Wildman–Crippen LogP) is 8.25. The van der Waals surface area contributed by atoms with Crippen molar-refractivity contribution in [2.24, 2.45) is 20.5 Å². The number of benzene rings is 5. The van der Waals surface area contributed by atoms with E-state index in [4.69, 9.17) is 10.5 Å². The number of ether oxygens (including phenoxy) is 1. The highest BCUT2D eigenvalue weighted by atomic mass is 32.2. The Morgan fingerprint density at radius 2 is 1.48 bits per heavy atom. The fraction of sp³-hybridized carbons (Fsp3) is 0.0645. The number of fused-ring (bicyclic) bond motifs is 2. The van der Waals surface area contributed by atoms with Crippen LogP contribution in [0, 0.1) is 17.0 Å². The van der Waals surface area contributed by atoms with E-state index in [-0.39, 0.29) is 17.1 Å². The molecule has 0 atom stereocenters. The number of aryl methyl sites for hydroxylation is 1. The zero-order valence-corrected chi connectivity index (χ0v) is 28.2. The highest BCUT2D eigenvalue weighted by molar-refractivity contribution is 7.86. The lowest BCUT2D eigenvalue weighted by atomic mass is 10.1. The van der Waals surface area contributed by atoms with Gasteiger partial charge >= 0.3 is 0 Å². The van der Waals surface area contributed by atoms with E-state index in [9.17, 15) is 36.1 Å². The van der Waals surface area contributed by atoms with Gasteiger partial charge in [-0.15, -0.1) is 10.2 Å². The second-order valence-corrected chi connectivity index (χ2v) is 14.5. The lowest BCUT2D eigenvalue weighted by molar-refractivity contribution is -0.384. The zero-order valence-electron chi connectivity index (χ0n) is 25.7. The molecule has 5 aromatic carbocycles. The number of nitro benzene ring substituents is 1. The molecule has 1 aromatic heterocycles. The Balaban J connectivity index is 1.38. The van der Waals surface area contributed by atoms with Crippen LogP contribution >= 0.6 is 11.3 Å². The molecule has 0 saturated heterocycles. The number of methoxy groups -OCH3 is 1. The van der Waals surface area contributed by atoms with Crippen LogP contribution in [0.5, 0.6) is 5.75 Å². The Bertz CT molecular complexity index is 2660. The van der Waals surface area contributed by atoms with Gasteiger partial charge in [-0.05, 0) is 47.5 Å². The van der Waals surface area contributed by atoms with Gasteiger partial charge in [-0.25, -0.2) is 4.98 Å². The molecule has 19 heteroatoms. The molecule has 0 aliphatic heterocycles. The second kappa shape index (κ2) is 12.9. The lowest BCUT2D eigenvalue weighted by Crippen LogP contribution is -2.04. The van der Waals surface area contributed by atoms with Gasteiger partial charge in [-0.3, -0.25) is 19.2 Å². The number of hydrogen-bond donors (Lipinski definition) is 3. The number of hydrogen-bond acceptors (Lipinski definition) is 14. The first-order valence-electron chi connectivity index (χ1n) is 14.1. The van der Waals surface area contributed by atoms with E-state index < -0.39 is 51.4 Å². The number of nitrogens with zero attached hydrogens (tertiary/aromatic N) is 6. The van der Waals surface area contributed by atoms with Crippen LogP contribution in [-0.4, -0.2) is 43.0 Å². The largest absolute Gasteiger partial charge is 0.494 e. The van der Waals surface area contributed by atoms with Crippen molar-refractivity contribution in [1.82, 2.24) is 4.98 Å². The monoisotopic (exact) mass is 733 g/mol. The molecule has 16 nitrogen and oxygen atoms in total. The van der Waals surface area contributed by atoms with Crippen molar-refractivity contribution < 1.29 is 35.6 Å². The van der Waals surface area contributed by atoms with Crippen molar-refractivity contribution in [3.8, 4) is 17.0 Å². The quantitative estimate of drug-likeness (QED) is 0.0552. The Labute approximate surface area is 287 Å². The molecule has 50 heavy (non-hydrogen) atoms. The molecule has 0 bridgehead atoms. The van der Waals surface area contributed by atoms with E-state index in [1.807, 2.05) is 42.5 Å². The fourth-order valence-corrected chi connectivity index (χ4v) is 7.21. The smallest absolute Gasteiger partial charge is 0.295 e. The van der Waals surface area contributed by atoms with Crippen LogP contribution in [-0.2, 0) is 20.2 Å². The number of thiazole rings is 1. The standard InChI is InChI=1S/C31H23N7O9S3/c1-16-9-25(36-37-30-29(33-31(32)48-30)19-8-7-17-5-3-4-6-18(17)10-19)26(47-2)15-24(16)35-34-20-11-22-23(27(12-20)49(41,42)43)13-21(38(39)40)14-28(22)50(44,45)46/h3-15H,1-2H3,(H2,32,33)(H,41,42,43)(H,44,45,46). The number of aromatic nitrogens is 1. The van der Waals surface area contributed by atoms with E-state index in [0.29, 0.717) is 33.1 Å². The number of azo groups is 2. The molecule has 0 fully saturated rings. The van der Waals surface area contributed by atoms with Gasteiger partial charge in [-0.1, -0.05) is 47.7 Å². The highest BCUT2D eigenvalue weighted by Gasteiger charge is 2.25. The predicted molar refractivity (Wildman–Crippen MR) is 186 cm³/mol. The molecule has 0 radical (unpaired) electrons. The second-order valence-electron chi connectivity index (χ2n) is 10.7. The first-order valence-corrected chi connectivity index (χ1v) is 17.8. The topological polar surface area (TPSA) is 249 Å². The minimum Gasteiger partial charge on any atom is -0.494 e. The first kappa shape index (κ1) is 34.1. The maximum atomic E-state index is 12.3. The Hall–Kier alpha value is -5.73. The number of nitro groups is 1. The highest BCUT2D eigenvalue weighted by Crippen LogP contribution is 2.42. The number of nitrogens with two attached hydrogens (primary N) is 1. The van der Waals surface area contributed by atoms with Crippen LogP contribution in [0.3, 0.4) is 0 Å². The molecule has 0 aliphatic rings. The molecular weight excluding hydrogens is 711 g/mol. The van der Waals surface area contributed by atoms with Gasteiger partial charge in [0, 0.05) is 34.5 Å². The summed E-state index contributed by atoms with van der Waals surface area (Å²) in [7, 11) is -8.78. The van der Waals surface area contributed by atoms with Gasteiger partial charge in [0.25, 0.3) is 25.9 Å². The molecule has 0 spiro atoms. The van der Waals surface area contributed by atoms with Crippen LogP contribution in [0.15, 0.2) is 109 Å². The summed E-state index contributed by atoms with van der Waals surface area (Å²) in [4.78, 5) is 13.0. The van der Waals surface area contributed by atoms with Gasteiger partial charge in [0.2, 0.25) is 0 Å². The summed E-state index contributed by atoms with van der Waals surface area (Å²) in [6.07, 6.45) is 0. The van der Waals surface area contributed by atoms with Crippen molar-refractivity contribution in [3.63, 3.8) is 0 Å². The van der Waals surface area contributed by atoms with Gasteiger partial charge in [0.05, 0.1) is 23.4 Å². The van der Waals surface area contributed by atoms with Crippen molar-refractivity contribution in [2.45, 2.75) is 16.7 Å². The number of non-ortho nitro benzene ring substituents is 1. The molecule has 0 amide bonds. The third-order valence-corrected chi connectivity index (χ3v) is 9.95. The summed E-state index contributed by atoms with van der Waals surface area (Å²) in [5, 5.41) is 30.2. The van der Waals surface area contributed by atoms with Crippen LogP contribution in [0.4, 0.5) is 32.9 Å². The fourth-order valence-electron chi connectivity index (χ4n) is 5.10. The molecule has 0 saturated carbocycles. The minimum atomic E-state index is -5.10. The normalized spacial score (nSPS) is 12.4. The average Bonchev–Trinajstić information content (AvgIpc) is 3.44. The Morgan fingerprint density at radius 1 is 0.820 bits per heavy atom. The Morgan fingerprint density at radius 3 is 2.16 bits per heavy atom. The molecule has 6 aromatic rings. The van der Waals surface area contributed by atoms with Crippen molar-refractivity contribution in [2.75, 3.05) is 12.8 Å².